The van der Waals surface area contributed by atoms with Crippen LogP contribution in [0.15, 0.2) is 12.4 Å². The van der Waals surface area contributed by atoms with Crippen LogP contribution in [0.25, 0.3) is 0 Å². The maximum Gasteiger partial charge on any atom is 0.410 e. The minimum atomic E-state index is -0.773. The SMILES string of the molecule is CC(C)(C)OC(=O)N1[C@H]2CC[C@H]1CC(OC1CCC(Oc3c(F)cncc3F)CC1)C2. The molecule has 172 valence electrons. The predicted molar refractivity (Wildman–Crippen MR) is 110 cm³/mol. The topological polar surface area (TPSA) is 60.9 Å². The minimum Gasteiger partial charge on any atom is -0.484 e. The molecule has 2 saturated heterocycles. The summed E-state index contributed by atoms with van der Waals surface area (Å²) in [6.45, 7) is 5.67. The van der Waals surface area contributed by atoms with Crippen molar-refractivity contribution in [3.63, 3.8) is 0 Å². The van der Waals surface area contributed by atoms with Crippen LogP contribution >= 0.6 is 0 Å². The van der Waals surface area contributed by atoms with E-state index in [9.17, 15) is 13.6 Å². The number of ether oxygens (including phenoxy) is 3. The number of carbonyl (C=O) groups is 1. The van der Waals surface area contributed by atoms with E-state index < -0.39 is 17.2 Å². The highest BCUT2D eigenvalue weighted by Gasteiger charge is 2.45. The molecule has 2 atom stereocenters. The molecule has 0 N–H and O–H groups in total. The Labute approximate surface area is 182 Å². The third-order valence-electron chi connectivity index (χ3n) is 6.39. The lowest BCUT2D eigenvalue weighted by molar-refractivity contribution is -0.0815. The fourth-order valence-electron chi connectivity index (χ4n) is 5.09. The van der Waals surface area contributed by atoms with E-state index in [0.29, 0.717) is 12.8 Å². The van der Waals surface area contributed by atoms with Crippen LogP contribution in [-0.4, -0.2) is 52.0 Å². The molecule has 0 radical (unpaired) electrons. The Hall–Kier alpha value is -1.96. The molecule has 2 bridgehead atoms. The molecule has 3 heterocycles. The Morgan fingerprint density at radius 3 is 2.03 bits per heavy atom. The Balaban J connectivity index is 1.25. The third kappa shape index (κ3) is 5.27. The van der Waals surface area contributed by atoms with Gasteiger partial charge in [-0.1, -0.05) is 0 Å². The van der Waals surface area contributed by atoms with Crippen LogP contribution in [0.4, 0.5) is 13.6 Å². The second-order valence-electron chi connectivity index (χ2n) is 9.95. The lowest BCUT2D eigenvalue weighted by atomic mass is 9.93. The molecular formula is C23H32F2N2O4. The Morgan fingerprint density at radius 2 is 1.48 bits per heavy atom. The predicted octanol–water partition coefficient (Wildman–Crippen LogP) is 5.00. The standard InChI is InChI=1S/C23H32F2N2O4/c1-23(2,3)31-22(28)27-14-4-5-15(27)11-18(10-14)29-16-6-8-17(9-7-16)30-21-19(24)12-26-13-20(21)25/h12-18H,4-11H2,1-3H3/t14-,15-,16?,17?/m0/s1. The fourth-order valence-corrected chi connectivity index (χ4v) is 5.09. The van der Waals surface area contributed by atoms with Gasteiger partial charge in [-0.05, 0) is 72.1 Å². The number of pyridine rings is 1. The van der Waals surface area contributed by atoms with Gasteiger partial charge >= 0.3 is 6.09 Å². The first kappa shape index (κ1) is 22.2. The maximum atomic E-state index is 13.8. The average molecular weight is 439 g/mol. The summed E-state index contributed by atoms with van der Waals surface area (Å²) in [5.74, 6) is -1.89. The minimum absolute atomic E-state index is 0.115. The van der Waals surface area contributed by atoms with E-state index in [0.717, 1.165) is 50.9 Å². The lowest BCUT2D eigenvalue weighted by Crippen LogP contribution is -2.50. The number of rotatable bonds is 4. The summed E-state index contributed by atoms with van der Waals surface area (Å²) >= 11 is 0. The van der Waals surface area contributed by atoms with E-state index in [-0.39, 0.29) is 42.2 Å². The van der Waals surface area contributed by atoms with Crippen LogP contribution < -0.4 is 4.74 Å². The molecule has 6 nitrogen and oxygen atoms in total. The number of amides is 1. The van der Waals surface area contributed by atoms with Crippen LogP contribution in [0.3, 0.4) is 0 Å². The van der Waals surface area contributed by atoms with E-state index >= 15 is 0 Å². The van der Waals surface area contributed by atoms with Gasteiger partial charge in [-0.25, -0.2) is 13.6 Å². The number of piperidine rings is 1. The highest BCUT2D eigenvalue weighted by Crippen LogP contribution is 2.39. The summed E-state index contributed by atoms with van der Waals surface area (Å²) in [6, 6.07) is 0.354. The summed E-state index contributed by atoms with van der Waals surface area (Å²) in [7, 11) is 0. The van der Waals surface area contributed by atoms with Crippen LogP contribution in [0.1, 0.15) is 72.1 Å². The molecule has 1 amide bonds. The lowest BCUT2D eigenvalue weighted by Gasteiger charge is -2.41. The smallest absolute Gasteiger partial charge is 0.410 e. The number of aromatic nitrogens is 1. The van der Waals surface area contributed by atoms with Crippen molar-refractivity contribution in [1.29, 1.82) is 0 Å². The van der Waals surface area contributed by atoms with E-state index in [1.807, 2.05) is 25.7 Å². The Morgan fingerprint density at radius 1 is 0.935 bits per heavy atom. The van der Waals surface area contributed by atoms with E-state index in [2.05, 4.69) is 4.98 Å². The number of nitrogens with zero attached hydrogens (tertiary/aromatic N) is 2. The Bertz CT molecular complexity index is 758. The van der Waals surface area contributed by atoms with Crippen molar-refractivity contribution in [2.75, 3.05) is 0 Å². The van der Waals surface area contributed by atoms with Crippen LogP contribution in [-0.2, 0) is 9.47 Å². The molecule has 0 spiro atoms. The van der Waals surface area contributed by atoms with Crippen LogP contribution in [0, 0.1) is 11.6 Å². The summed E-state index contributed by atoms with van der Waals surface area (Å²) in [4.78, 5) is 18.0. The van der Waals surface area contributed by atoms with E-state index in [1.54, 1.807) is 0 Å². The molecule has 3 fully saturated rings. The molecule has 2 aliphatic heterocycles. The zero-order valence-corrected chi connectivity index (χ0v) is 18.5. The van der Waals surface area contributed by atoms with E-state index in [1.165, 1.54) is 0 Å². The van der Waals surface area contributed by atoms with Gasteiger partial charge in [0.05, 0.1) is 30.7 Å². The van der Waals surface area contributed by atoms with Gasteiger partial charge in [0.2, 0.25) is 0 Å². The number of hydrogen-bond donors (Lipinski definition) is 0. The summed E-state index contributed by atoms with van der Waals surface area (Å²) in [5.41, 5.74) is -0.493. The van der Waals surface area contributed by atoms with Crippen LogP contribution in [0.5, 0.6) is 5.75 Å². The summed E-state index contributed by atoms with van der Waals surface area (Å²) in [5, 5.41) is 0. The number of halogens is 2. The molecule has 0 aromatic carbocycles. The molecule has 4 rings (SSSR count). The molecule has 8 heteroatoms. The fraction of sp³-hybridized carbons (Fsp3) is 0.739. The zero-order chi connectivity index (χ0) is 22.2. The number of carbonyl (C=O) groups excluding carboxylic acids is 1. The molecule has 1 aromatic heterocycles. The van der Waals surface area contributed by atoms with Gasteiger partial charge in [-0.15, -0.1) is 0 Å². The number of fused-ring (bicyclic) bond motifs is 2. The Kier molecular flexibility index (Phi) is 6.37. The largest absolute Gasteiger partial charge is 0.484 e. The summed E-state index contributed by atoms with van der Waals surface area (Å²) < 4.78 is 45.1. The van der Waals surface area contributed by atoms with Gasteiger partial charge in [0.15, 0.2) is 17.4 Å². The van der Waals surface area contributed by atoms with Crippen LogP contribution in [0.2, 0.25) is 0 Å². The monoisotopic (exact) mass is 438 g/mol. The van der Waals surface area contributed by atoms with Gasteiger partial charge in [-0.3, -0.25) is 4.98 Å². The first-order chi connectivity index (χ1) is 14.7. The number of hydrogen-bond acceptors (Lipinski definition) is 5. The quantitative estimate of drug-likeness (QED) is 0.662. The second-order valence-corrected chi connectivity index (χ2v) is 9.95. The molecule has 0 unspecified atom stereocenters. The van der Waals surface area contributed by atoms with Gasteiger partial charge < -0.3 is 19.1 Å². The molecule has 1 saturated carbocycles. The van der Waals surface area contributed by atoms with Gasteiger partial charge in [0, 0.05) is 12.1 Å². The van der Waals surface area contributed by atoms with Crippen molar-refractivity contribution in [2.24, 2.45) is 0 Å². The van der Waals surface area contributed by atoms with Crippen molar-refractivity contribution in [3.8, 4) is 5.75 Å². The van der Waals surface area contributed by atoms with E-state index in [4.69, 9.17) is 14.2 Å². The molecule has 1 aliphatic carbocycles. The first-order valence-corrected chi connectivity index (χ1v) is 11.3. The van der Waals surface area contributed by atoms with Crippen molar-refractivity contribution in [2.45, 2.75) is 108 Å². The molecule has 3 aliphatic rings. The third-order valence-corrected chi connectivity index (χ3v) is 6.39. The molecule has 1 aromatic rings. The normalized spacial score (nSPS) is 30.9. The van der Waals surface area contributed by atoms with Crippen molar-refractivity contribution in [1.82, 2.24) is 9.88 Å². The maximum absolute atomic E-state index is 13.8. The first-order valence-electron chi connectivity index (χ1n) is 11.3. The zero-order valence-electron chi connectivity index (χ0n) is 18.5. The van der Waals surface area contributed by atoms with Gasteiger partial charge in [0.1, 0.15) is 5.60 Å². The highest BCUT2D eigenvalue weighted by atomic mass is 19.1. The summed E-state index contributed by atoms with van der Waals surface area (Å²) in [6.07, 6.45) is 8.35. The average Bonchev–Trinajstić information content (AvgIpc) is 2.96. The molecular weight excluding hydrogens is 406 g/mol. The van der Waals surface area contributed by atoms with Crippen molar-refractivity contribution < 1.29 is 27.8 Å². The van der Waals surface area contributed by atoms with Crippen molar-refractivity contribution >= 4 is 6.09 Å². The second kappa shape index (κ2) is 8.88. The van der Waals surface area contributed by atoms with Gasteiger partial charge in [-0.2, -0.15) is 0 Å². The highest BCUT2D eigenvalue weighted by molar-refractivity contribution is 5.69. The molecule has 31 heavy (non-hydrogen) atoms. The van der Waals surface area contributed by atoms with Gasteiger partial charge in [0.25, 0.3) is 0 Å². The van der Waals surface area contributed by atoms with Crippen molar-refractivity contribution in [3.05, 3.63) is 24.0 Å².